The maximum atomic E-state index is 14.1. The number of rotatable bonds is 3. The van der Waals surface area contributed by atoms with Crippen LogP contribution in [0.4, 0.5) is 10.2 Å². The molecule has 0 saturated carbocycles. The van der Waals surface area contributed by atoms with Crippen LogP contribution >= 0.6 is 11.6 Å². The molecular formula is C17H18ClFN4O2. The Morgan fingerprint density at radius 2 is 2.20 bits per heavy atom. The number of carbonyl (C=O) groups is 1. The lowest BCUT2D eigenvalue weighted by Crippen LogP contribution is -2.43. The summed E-state index contributed by atoms with van der Waals surface area (Å²) in [6, 6.07) is 1.26. The van der Waals surface area contributed by atoms with E-state index in [2.05, 4.69) is 9.97 Å². The third-order valence-electron chi connectivity index (χ3n) is 5.11. The van der Waals surface area contributed by atoms with E-state index < -0.39 is 11.2 Å². The summed E-state index contributed by atoms with van der Waals surface area (Å²) in [7, 11) is 0. The molecule has 0 aromatic carbocycles. The van der Waals surface area contributed by atoms with E-state index in [0.717, 1.165) is 0 Å². The predicted molar refractivity (Wildman–Crippen MR) is 89.8 cm³/mol. The largest absolute Gasteiger partial charge is 0.460 e. The zero-order valence-electron chi connectivity index (χ0n) is 13.6. The fourth-order valence-corrected chi connectivity index (χ4v) is 3.91. The predicted octanol–water partition coefficient (Wildman–Crippen LogP) is 2.67. The van der Waals surface area contributed by atoms with Gasteiger partial charge in [-0.25, -0.2) is 14.4 Å². The molecule has 2 fully saturated rings. The van der Waals surface area contributed by atoms with Crippen molar-refractivity contribution < 1.29 is 13.9 Å². The highest BCUT2D eigenvalue weighted by atomic mass is 35.5. The molecule has 1 unspecified atom stereocenters. The molecule has 2 aromatic rings. The highest BCUT2D eigenvalue weighted by molar-refractivity contribution is 6.30. The summed E-state index contributed by atoms with van der Waals surface area (Å²) >= 11 is 5.76. The molecule has 2 saturated heterocycles. The first-order chi connectivity index (χ1) is 12.1. The van der Waals surface area contributed by atoms with Gasteiger partial charge in [0.25, 0.3) is 0 Å². The number of halogens is 2. The van der Waals surface area contributed by atoms with E-state index >= 15 is 0 Å². The van der Waals surface area contributed by atoms with E-state index in [1.807, 2.05) is 15.7 Å². The van der Waals surface area contributed by atoms with E-state index in [-0.39, 0.29) is 17.1 Å². The molecule has 0 radical (unpaired) electrons. The van der Waals surface area contributed by atoms with Gasteiger partial charge in [-0.05, 0) is 18.9 Å². The van der Waals surface area contributed by atoms with E-state index in [1.165, 1.54) is 12.3 Å². The van der Waals surface area contributed by atoms with Crippen LogP contribution in [0.3, 0.4) is 0 Å². The Balaban J connectivity index is 1.43. The Hall–Kier alpha value is -2.15. The molecule has 1 spiro atoms. The lowest BCUT2D eigenvalue weighted by molar-refractivity contribution is -0.150. The summed E-state index contributed by atoms with van der Waals surface area (Å²) in [5, 5.41) is 0.274. The van der Waals surface area contributed by atoms with Crippen molar-refractivity contribution in [3.05, 3.63) is 41.8 Å². The normalized spacial score (nSPS) is 22.4. The van der Waals surface area contributed by atoms with Crippen LogP contribution in [0.5, 0.6) is 0 Å². The molecule has 0 amide bonds. The van der Waals surface area contributed by atoms with Crippen molar-refractivity contribution in [3.8, 4) is 0 Å². The molecule has 4 rings (SSSR count). The van der Waals surface area contributed by atoms with Crippen molar-refractivity contribution >= 4 is 23.4 Å². The maximum absolute atomic E-state index is 14.1. The Kier molecular flexibility index (Phi) is 4.11. The second-order valence-electron chi connectivity index (χ2n) is 6.72. The van der Waals surface area contributed by atoms with Crippen LogP contribution in [-0.4, -0.2) is 39.7 Å². The molecule has 4 heterocycles. The first-order valence-corrected chi connectivity index (χ1v) is 8.66. The fraction of sp³-hybridized carbons (Fsp3) is 0.471. The number of aromatic nitrogens is 3. The summed E-state index contributed by atoms with van der Waals surface area (Å²) in [6.45, 7) is 1.75. The number of cyclic esters (lactones) is 1. The van der Waals surface area contributed by atoms with E-state index in [4.69, 9.17) is 16.3 Å². The van der Waals surface area contributed by atoms with Gasteiger partial charge in [-0.15, -0.1) is 0 Å². The van der Waals surface area contributed by atoms with Gasteiger partial charge in [0.2, 0.25) is 0 Å². The molecule has 6 nitrogen and oxygen atoms in total. The molecule has 0 N–H and O–H groups in total. The zero-order chi connectivity index (χ0) is 17.4. The number of hydrogen-bond donors (Lipinski definition) is 0. The topological polar surface area (TPSA) is 60.3 Å². The highest BCUT2D eigenvalue weighted by Gasteiger charge is 2.50. The molecule has 2 aliphatic rings. The van der Waals surface area contributed by atoms with Gasteiger partial charge in [0.15, 0.2) is 11.6 Å². The monoisotopic (exact) mass is 364 g/mol. The van der Waals surface area contributed by atoms with Crippen LogP contribution in [-0.2, 0) is 16.1 Å². The number of nitrogens with zero attached hydrogens (tertiary/aromatic N) is 4. The van der Waals surface area contributed by atoms with E-state index in [0.29, 0.717) is 44.7 Å². The lowest BCUT2D eigenvalue weighted by Gasteiger charge is -2.37. The molecule has 8 heteroatoms. The van der Waals surface area contributed by atoms with Crippen LogP contribution in [0.25, 0.3) is 0 Å². The molecule has 25 heavy (non-hydrogen) atoms. The minimum Gasteiger partial charge on any atom is -0.460 e. The molecule has 2 aromatic heterocycles. The lowest BCUT2D eigenvalue weighted by atomic mass is 9.76. The van der Waals surface area contributed by atoms with Gasteiger partial charge in [0, 0.05) is 38.1 Å². The van der Waals surface area contributed by atoms with Crippen molar-refractivity contribution in [2.24, 2.45) is 5.41 Å². The summed E-state index contributed by atoms with van der Waals surface area (Å²) in [5.41, 5.74) is -0.468. The van der Waals surface area contributed by atoms with Crippen molar-refractivity contribution in [3.63, 3.8) is 0 Å². The number of imidazole rings is 1. The second-order valence-corrected chi connectivity index (χ2v) is 7.15. The van der Waals surface area contributed by atoms with Gasteiger partial charge < -0.3 is 14.2 Å². The van der Waals surface area contributed by atoms with Gasteiger partial charge in [-0.3, -0.25) is 4.79 Å². The molecule has 1 atom stereocenters. The van der Waals surface area contributed by atoms with Crippen LogP contribution < -0.4 is 4.90 Å². The summed E-state index contributed by atoms with van der Waals surface area (Å²) in [4.78, 5) is 22.4. The van der Waals surface area contributed by atoms with Gasteiger partial charge in [-0.1, -0.05) is 11.6 Å². The van der Waals surface area contributed by atoms with Crippen LogP contribution in [0, 0.1) is 11.2 Å². The molecule has 0 aliphatic carbocycles. The number of piperidine rings is 1. The first-order valence-electron chi connectivity index (χ1n) is 8.29. The standard InChI is InChI=1S/C17H18ClFN4O2/c18-12-7-14(19)15(21-9-12)23-4-1-17(2-5-23)8-13(25-16(17)24)10-22-6-3-20-11-22/h3,6-7,9,11,13H,1-2,4-5,8,10H2. The Morgan fingerprint density at radius 1 is 1.40 bits per heavy atom. The van der Waals surface area contributed by atoms with Gasteiger partial charge in [0.1, 0.15) is 6.10 Å². The average Bonchev–Trinajstić information content (AvgIpc) is 3.18. The number of ether oxygens (including phenoxy) is 1. The quantitative estimate of drug-likeness (QED) is 0.784. The van der Waals surface area contributed by atoms with E-state index in [1.54, 1.807) is 12.5 Å². The number of esters is 1. The number of pyridine rings is 1. The molecule has 132 valence electrons. The number of carbonyl (C=O) groups excluding carboxylic acids is 1. The van der Waals surface area contributed by atoms with Crippen molar-refractivity contribution in [1.29, 1.82) is 0 Å². The van der Waals surface area contributed by atoms with Crippen LogP contribution in [0.2, 0.25) is 5.02 Å². The average molecular weight is 365 g/mol. The number of anilines is 1. The van der Waals surface area contributed by atoms with Crippen molar-refractivity contribution in [1.82, 2.24) is 14.5 Å². The van der Waals surface area contributed by atoms with Gasteiger partial charge >= 0.3 is 5.97 Å². The SMILES string of the molecule is O=C1OC(Cn2ccnc2)CC12CCN(c1ncc(Cl)cc1F)CC2. The smallest absolute Gasteiger partial charge is 0.312 e. The summed E-state index contributed by atoms with van der Waals surface area (Å²) < 4.78 is 21.6. The van der Waals surface area contributed by atoms with Crippen LogP contribution in [0.15, 0.2) is 31.0 Å². The van der Waals surface area contributed by atoms with Crippen molar-refractivity contribution in [2.45, 2.75) is 31.9 Å². The van der Waals surface area contributed by atoms with Crippen LogP contribution in [0.1, 0.15) is 19.3 Å². The third kappa shape index (κ3) is 3.08. The van der Waals surface area contributed by atoms with Crippen molar-refractivity contribution in [2.75, 3.05) is 18.0 Å². The van der Waals surface area contributed by atoms with E-state index in [9.17, 15) is 9.18 Å². The van der Waals surface area contributed by atoms with Gasteiger partial charge in [-0.2, -0.15) is 0 Å². The van der Waals surface area contributed by atoms with Gasteiger partial charge in [0.05, 0.1) is 23.3 Å². The second kappa shape index (κ2) is 6.29. The zero-order valence-corrected chi connectivity index (χ0v) is 14.3. The Bertz CT molecular complexity index is 775. The fourth-order valence-electron chi connectivity index (χ4n) is 3.76. The minimum atomic E-state index is -0.468. The minimum absolute atomic E-state index is 0.137. The Labute approximate surface area is 149 Å². The third-order valence-corrected chi connectivity index (χ3v) is 5.31. The molecule has 0 bridgehead atoms. The summed E-state index contributed by atoms with van der Waals surface area (Å²) in [5.74, 6) is -0.280. The summed E-state index contributed by atoms with van der Waals surface area (Å²) in [6.07, 6.45) is 8.54. The highest BCUT2D eigenvalue weighted by Crippen LogP contribution is 2.44. The maximum Gasteiger partial charge on any atom is 0.312 e. The first kappa shape index (κ1) is 16.3. The number of hydrogen-bond acceptors (Lipinski definition) is 5. The Morgan fingerprint density at radius 3 is 2.88 bits per heavy atom. The molecule has 2 aliphatic heterocycles. The molecular weight excluding hydrogens is 347 g/mol.